The summed E-state index contributed by atoms with van der Waals surface area (Å²) in [6.45, 7) is 2.80. The maximum absolute atomic E-state index is 5.99. The van der Waals surface area contributed by atoms with Gasteiger partial charge in [0.15, 0.2) is 0 Å². The van der Waals surface area contributed by atoms with Crippen molar-refractivity contribution in [3.8, 4) is 5.75 Å². The van der Waals surface area contributed by atoms with E-state index in [4.69, 9.17) is 16.3 Å². The number of ether oxygens (including phenoxy) is 1. The van der Waals surface area contributed by atoms with Gasteiger partial charge in [0.1, 0.15) is 12.4 Å². The van der Waals surface area contributed by atoms with E-state index in [9.17, 15) is 0 Å². The molecule has 1 heterocycles. The molecule has 1 aliphatic rings. The molecule has 0 spiro atoms. The summed E-state index contributed by atoms with van der Waals surface area (Å²) in [4.78, 5) is 1.39. The van der Waals surface area contributed by atoms with Crippen molar-refractivity contribution in [3.05, 3.63) is 59.2 Å². The first kappa shape index (κ1) is 13.8. The van der Waals surface area contributed by atoms with E-state index in [1.54, 1.807) is 0 Å². The number of fused-ring (bicyclic) bond motifs is 1. The molecule has 0 amide bonds. The maximum atomic E-state index is 5.99. The molecule has 2 aromatic rings. The SMILES string of the molecule is Cc1ccc(OCC2Cc3ccccc3S2)c(CCl)c1. The Labute approximate surface area is 129 Å². The summed E-state index contributed by atoms with van der Waals surface area (Å²) in [5, 5.41) is 0.497. The number of hydrogen-bond acceptors (Lipinski definition) is 2. The summed E-state index contributed by atoms with van der Waals surface area (Å²) < 4.78 is 5.99. The molecule has 1 aliphatic heterocycles. The average molecular weight is 305 g/mol. The Kier molecular flexibility index (Phi) is 4.23. The second-order valence-corrected chi connectivity index (χ2v) is 6.72. The van der Waals surface area contributed by atoms with Crippen molar-refractivity contribution in [1.29, 1.82) is 0 Å². The zero-order valence-corrected chi connectivity index (χ0v) is 13.0. The monoisotopic (exact) mass is 304 g/mol. The minimum atomic E-state index is 0.495. The number of rotatable bonds is 4. The molecule has 0 radical (unpaired) electrons. The first-order valence-electron chi connectivity index (χ1n) is 6.79. The summed E-state index contributed by atoms with van der Waals surface area (Å²) in [5.41, 5.74) is 3.73. The standard InChI is InChI=1S/C17H17ClOS/c1-12-6-7-16(14(8-12)10-18)19-11-15-9-13-4-2-3-5-17(13)20-15/h2-8,15H,9-11H2,1H3. The Hall–Kier alpha value is -1.12. The Balaban J connectivity index is 1.64. The van der Waals surface area contributed by atoms with Crippen molar-refractivity contribution < 1.29 is 4.74 Å². The molecule has 0 saturated carbocycles. The molecule has 3 rings (SSSR count). The fraction of sp³-hybridized carbons (Fsp3) is 0.294. The van der Waals surface area contributed by atoms with Gasteiger partial charge in [0.2, 0.25) is 0 Å². The van der Waals surface area contributed by atoms with Crippen LogP contribution in [0.15, 0.2) is 47.4 Å². The van der Waals surface area contributed by atoms with Gasteiger partial charge in [0, 0.05) is 15.7 Å². The first-order chi connectivity index (χ1) is 9.76. The third-order valence-corrected chi connectivity index (χ3v) is 5.07. The summed E-state index contributed by atoms with van der Waals surface area (Å²) in [6, 6.07) is 14.8. The van der Waals surface area contributed by atoms with Gasteiger partial charge in [-0.15, -0.1) is 23.4 Å². The van der Waals surface area contributed by atoms with E-state index in [1.165, 1.54) is 16.0 Å². The molecule has 0 saturated heterocycles. The molecule has 104 valence electrons. The van der Waals surface area contributed by atoms with E-state index in [0.29, 0.717) is 11.1 Å². The van der Waals surface area contributed by atoms with Gasteiger partial charge in [-0.25, -0.2) is 0 Å². The van der Waals surface area contributed by atoms with E-state index in [2.05, 4.69) is 43.3 Å². The number of hydrogen-bond donors (Lipinski definition) is 0. The largest absolute Gasteiger partial charge is 0.492 e. The molecular weight excluding hydrogens is 288 g/mol. The van der Waals surface area contributed by atoms with Gasteiger partial charge in [0.25, 0.3) is 0 Å². The minimum absolute atomic E-state index is 0.495. The maximum Gasteiger partial charge on any atom is 0.123 e. The normalized spacial score (nSPS) is 17.0. The highest BCUT2D eigenvalue weighted by Gasteiger charge is 2.22. The van der Waals surface area contributed by atoms with E-state index in [-0.39, 0.29) is 0 Å². The lowest BCUT2D eigenvalue weighted by molar-refractivity contribution is 0.315. The second kappa shape index (κ2) is 6.11. The number of aryl methyl sites for hydroxylation is 1. The van der Waals surface area contributed by atoms with Gasteiger partial charge in [0.05, 0.1) is 5.88 Å². The third kappa shape index (κ3) is 2.97. The molecule has 2 aromatic carbocycles. The summed E-state index contributed by atoms with van der Waals surface area (Å²) >= 11 is 7.90. The van der Waals surface area contributed by atoms with E-state index in [0.717, 1.165) is 24.3 Å². The fourth-order valence-electron chi connectivity index (χ4n) is 2.48. The molecule has 20 heavy (non-hydrogen) atoms. The predicted octanol–water partition coefficient (Wildman–Crippen LogP) is 4.83. The van der Waals surface area contributed by atoms with Gasteiger partial charge < -0.3 is 4.74 Å². The van der Waals surface area contributed by atoms with Crippen LogP contribution in [-0.4, -0.2) is 11.9 Å². The van der Waals surface area contributed by atoms with Crippen LogP contribution in [0.3, 0.4) is 0 Å². The van der Waals surface area contributed by atoms with Crippen LogP contribution in [0.4, 0.5) is 0 Å². The van der Waals surface area contributed by atoms with Crippen molar-refractivity contribution in [3.63, 3.8) is 0 Å². The molecule has 1 nitrogen and oxygen atoms in total. The Morgan fingerprint density at radius 3 is 2.90 bits per heavy atom. The lowest BCUT2D eigenvalue weighted by Gasteiger charge is -2.14. The van der Waals surface area contributed by atoms with E-state index in [1.807, 2.05) is 17.8 Å². The van der Waals surface area contributed by atoms with Crippen LogP contribution in [0.1, 0.15) is 16.7 Å². The highest BCUT2D eigenvalue weighted by Crippen LogP contribution is 2.37. The van der Waals surface area contributed by atoms with Crippen molar-refractivity contribution in [2.75, 3.05) is 6.61 Å². The van der Waals surface area contributed by atoms with E-state index < -0.39 is 0 Å². The summed E-state index contributed by atoms with van der Waals surface area (Å²) in [5.74, 6) is 1.41. The van der Waals surface area contributed by atoms with Crippen LogP contribution in [-0.2, 0) is 12.3 Å². The van der Waals surface area contributed by atoms with Gasteiger partial charge in [-0.05, 0) is 31.0 Å². The smallest absolute Gasteiger partial charge is 0.123 e. The van der Waals surface area contributed by atoms with Crippen molar-refractivity contribution in [2.24, 2.45) is 0 Å². The van der Waals surface area contributed by atoms with E-state index >= 15 is 0 Å². The highest BCUT2D eigenvalue weighted by atomic mass is 35.5. The van der Waals surface area contributed by atoms with Crippen LogP contribution >= 0.6 is 23.4 Å². The Morgan fingerprint density at radius 2 is 2.10 bits per heavy atom. The number of halogens is 1. The fourth-order valence-corrected chi connectivity index (χ4v) is 3.91. The third-order valence-electron chi connectivity index (χ3n) is 3.50. The first-order valence-corrected chi connectivity index (χ1v) is 8.20. The lowest BCUT2D eigenvalue weighted by Crippen LogP contribution is -2.14. The quantitative estimate of drug-likeness (QED) is 0.748. The van der Waals surface area contributed by atoms with Gasteiger partial charge >= 0.3 is 0 Å². The summed E-state index contributed by atoms with van der Waals surface area (Å²) in [6.07, 6.45) is 1.09. The molecule has 0 N–H and O–H groups in total. The van der Waals surface area contributed by atoms with Crippen LogP contribution in [0, 0.1) is 6.92 Å². The lowest BCUT2D eigenvalue weighted by atomic mass is 10.1. The summed E-state index contributed by atoms with van der Waals surface area (Å²) in [7, 11) is 0. The second-order valence-electron chi connectivity index (χ2n) is 5.11. The average Bonchev–Trinajstić information content (AvgIpc) is 2.88. The van der Waals surface area contributed by atoms with Crippen molar-refractivity contribution in [1.82, 2.24) is 0 Å². The number of alkyl halides is 1. The van der Waals surface area contributed by atoms with Gasteiger partial charge in [-0.3, -0.25) is 0 Å². The van der Waals surface area contributed by atoms with Gasteiger partial charge in [-0.2, -0.15) is 0 Å². The van der Waals surface area contributed by atoms with Gasteiger partial charge in [-0.1, -0.05) is 35.9 Å². The molecule has 0 bridgehead atoms. The topological polar surface area (TPSA) is 9.23 Å². The molecule has 0 aliphatic carbocycles. The molecule has 1 unspecified atom stereocenters. The molecule has 1 atom stereocenters. The van der Waals surface area contributed by atoms with Crippen molar-refractivity contribution in [2.45, 2.75) is 29.4 Å². The minimum Gasteiger partial charge on any atom is -0.492 e. The Morgan fingerprint density at radius 1 is 1.25 bits per heavy atom. The van der Waals surface area contributed by atoms with Crippen LogP contribution < -0.4 is 4.74 Å². The Bertz CT molecular complexity index is 587. The molecule has 3 heteroatoms. The van der Waals surface area contributed by atoms with Crippen LogP contribution in [0.2, 0.25) is 0 Å². The highest BCUT2D eigenvalue weighted by molar-refractivity contribution is 8.00. The van der Waals surface area contributed by atoms with Crippen molar-refractivity contribution >= 4 is 23.4 Å². The zero-order valence-electron chi connectivity index (χ0n) is 11.4. The van der Waals surface area contributed by atoms with Crippen LogP contribution in [0.25, 0.3) is 0 Å². The zero-order chi connectivity index (χ0) is 13.9. The predicted molar refractivity (Wildman–Crippen MR) is 86.0 cm³/mol. The molecular formula is C17H17ClOS. The molecule has 0 fully saturated rings. The number of thioether (sulfide) groups is 1. The van der Waals surface area contributed by atoms with Crippen LogP contribution in [0.5, 0.6) is 5.75 Å². The molecule has 0 aromatic heterocycles. The number of benzene rings is 2.